The number of hydrogen-bond donors (Lipinski definition) is 2. The molecule has 90 valence electrons. The van der Waals surface area contributed by atoms with Gasteiger partial charge in [0, 0.05) is 13.2 Å². The summed E-state index contributed by atoms with van der Waals surface area (Å²) in [5.74, 6) is 0.861. The van der Waals surface area contributed by atoms with Crippen molar-refractivity contribution < 1.29 is 9.84 Å². The summed E-state index contributed by atoms with van der Waals surface area (Å²) in [6.45, 7) is 3.68. The summed E-state index contributed by atoms with van der Waals surface area (Å²) in [6, 6.07) is 0.670. The fourth-order valence-corrected chi connectivity index (χ4v) is 2.35. The average molecular weight is 215 g/mol. The fourth-order valence-electron chi connectivity index (χ4n) is 2.35. The molecule has 1 aliphatic carbocycles. The normalized spacial score (nSPS) is 29.0. The van der Waals surface area contributed by atoms with Crippen molar-refractivity contribution in [2.45, 2.75) is 51.2 Å². The molecular formula is C12H25NO2. The zero-order valence-electron chi connectivity index (χ0n) is 10.0. The highest BCUT2D eigenvalue weighted by Crippen LogP contribution is 2.23. The second kappa shape index (κ2) is 7.20. The summed E-state index contributed by atoms with van der Waals surface area (Å²) in [6.07, 6.45) is 5.79. The highest BCUT2D eigenvalue weighted by atomic mass is 16.5. The molecule has 3 unspecified atom stereocenters. The van der Waals surface area contributed by atoms with Crippen LogP contribution in [0.1, 0.15) is 39.0 Å². The Balaban J connectivity index is 2.03. The van der Waals surface area contributed by atoms with Crippen molar-refractivity contribution in [1.82, 2.24) is 5.32 Å². The Kier molecular flexibility index (Phi) is 6.22. The van der Waals surface area contributed by atoms with Crippen molar-refractivity contribution in [1.29, 1.82) is 0 Å². The molecule has 0 amide bonds. The van der Waals surface area contributed by atoms with Crippen molar-refractivity contribution >= 4 is 0 Å². The number of ether oxygens (including phenoxy) is 1. The first-order valence-corrected chi connectivity index (χ1v) is 6.12. The molecule has 1 saturated carbocycles. The first-order chi connectivity index (χ1) is 7.22. The molecule has 3 nitrogen and oxygen atoms in total. The lowest BCUT2D eigenvalue weighted by Gasteiger charge is -2.27. The Labute approximate surface area is 93.2 Å². The van der Waals surface area contributed by atoms with Crippen molar-refractivity contribution in [3.05, 3.63) is 0 Å². The minimum absolute atomic E-state index is 0.316. The fraction of sp³-hybridized carbons (Fsp3) is 1.00. The van der Waals surface area contributed by atoms with Gasteiger partial charge in [0.05, 0.1) is 12.7 Å². The van der Waals surface area contributed by atoms with Crippen LogP contribution in [0.15, 0.2) is 0 Å². The van der Waals surface area contributed by atoms with Crippen LogP contribution in [0.3, 0.4) is 0 Å². The van der Waals surface area contributed by atoms with Crippen LogP contribution in [-0.4, -0.2) is 37.5 Å². The molecular weight excluding hydrogens is 190 g/mol. The lowest BCUT2D eigenvalue weighted by molar-refractivity contribution is 0.0585. The first kappa shape index (κ1) is 12.9. The van der Waals surface area contributed by atoms with E-state index in [9.17, 15) is 5.11 Å². The molecule has 15 heavy (non-hydrogen) atoms. The van der Waals surface area contributed by atoms with E-state index in [4.69, 9.17) is 4.74 Å². The number of hydrogen-bond acceptors (Lipinski definition) is 3. The van der Waals surface area contributed by atoms with Gasteiger partial charge in [-0.3, -0.25) is 0 Å². The molecule has 0 spiro atoms. The molecule has 3 heteroatoms. The quantitative estimate of drug-likeness (QED) is 0.706. The molecule has 0 bridgehead atoms. The maximum Gasteiger partial charge on any atom is 0.0785 e. The predicted molar refractivity (Wildman–Crippen MR) is 61.9 cm³/mol. The maximum absolute atomic E-state index is 9.47. The van der Waals surface area contributed by atoms with Crippen molar-refractivity contribution in [3.8, 4) is 0 Å². The van der Waals surface area contributed by atoms with Gasteiger partial charge in [-0.2, -0.15) is 0 Å². The van der Waals surface area contributed by atoms with Gasteiger partial charge in [0.2, 0.25) is 0 Å². The standard InChI is InChI=1S/C12H25NO2/c1-10-4-3-5-11(8-10)13-7-6-12(14)9-15-2/h10-14H,3-9H2,1-2H3. The Morgan fingerprint density at radius 2 is 2.27 bits per heavy atom. The molecule has 0 saturated heterocycles. The largest absolute Gasteiger partial charge is 0.391 e. The van der Waals surface area contributed by atoms with Crippen LogP contribution >= 0.6 is 0 Å². The van der Waals surface area contributed by atoms with Crippen LogP contribution in [0.25, 0.3) is 0 Å². The number of nitrogens with one attached hydrogen (secondary N) is 1. The van der Waals surface area contributed by atoms with Gasteiger partial charge in [-0.15, -0.1) is 0 Å². The molecule has 1 rings (SSSR count). The summed E-state index contributed by atoms with van der Waals surface area (Å²) < 4.78 is 4.89. The van der Waals surface area contributed by atoms with Gasteiger partial charge < -0.3 is 15.2 Å². The summed E-state index contributed by atoms with van der Waals surface area (Å²) in [7, 11) is 1.62. The van der Waals surface area contributed by atoms with E-state index in [1.165, 1.54) is 25.7 Å². The minimum atomic E-state index is -0.316. The smallest absolute Gasteiger partial charge is 0.0785 e. The van der Waals surface area contributed by atoms with Crippen LogP contribution in [-0.2, 0) is 4.74 Å². The summed E-state index contributed by atoms with van der Waals surface area (Å²) in [5, 5.41) is 13.0. The highest BCUT2D eigenvalue weighted by Gasteiger charge is 2.18. The zero-order chi connectivity index (χ0) is 11.1. The highest BCUT2D eigenvalue weighted by molar-refractivity contribution is 4.76. The van der Waals surface area contributed by atoms with E-state index in [1.807, 2.05) is 0 Å². The third-order valence-electron chi connectivity index (χ3n) is 3.21. The van der Waals surface area contributed by atoms with Crippen LogP contribution in [0, 0.1) is 5.92 Å². The zero-order valence-corrected chi connectivity index (χ0v) is 10.0. The molecule has 0 heterocycles. The van der Waals surface area contributed by atoms with E-state index in [0.717, 1.165) is 18.9 Å². The summed E-state index contributed by atoms with van der Waals surface area (Å²) in [4.78, 5) is 0. The molecule has 0 aromatic heterocycles. The molecule has 0 aliphatic heterocycles. The second-order valence-corrected chi connectivity index (χ2v) is 4.82. The Bertz CT molecular complexity index is 164. The van der Waals surface area contributed by atoms with E-state index >= 15 is 0 Å². The van der Waals surface area contributed by atoms with Gasteiger partial charge in [0.15, 0.2) is 0 Å². The number of aliphatic hydroxyl groups excluding tert-OH is 1. The van der Waals surface area contributed by atoms with Crippen LogP contribution in [0.2, 0.25) is 0 Å². The van der Waals surface area contributed by atoms with Crippen molar-refractivity contribution in [2.75, 3.05) is 20.3 Å². The number of aliphatic hydroxyl groups is 1. The van der Waals surface area contributed by atoms with E-state index in [0.29, 0.717) is 12.6 Å². The van der Waals surface area contributed by atoms with Crippen LogP contribution in [0.5, 0.6) is 0 Å². The van der Waals surface area contributed by atoms with E-state index in [1.54, 1.807) is 7.11 Å². The van der Waals surface area contributed by atoms with Crippen LogP contribution < -0.4 is 5.32 Å². The first-order valence-electron chi connectivity index (χ1n) is 6.12. The Morgan fingerprint density at radius 3 is 2.93 bits per heavy atom. The predicted octanol–water partition coefficient (Wildman–Crippen LogP) is 1.55. The molecule has 0 aromatic carbocycles. The van der Waals surface area contributed by atoms with Gasteiger partial charge in [0.1, 0.15) is 0 Å². The van der Waals surface area contributed by atoms with Crippen molar-refractivity contribution in [2.24, 2.45) is 5.92 Å². The maximum atomic E-state index is 9.47. The van der Waals surface area contributed by atoms with Crippen molar-refractivity contribution in [3.63, 3.8) is 0 Å². The molecule has 1 fully saturated rings. The van der Waals surface area contributed by atoms with Crippen LogP contribution in [0.4, 0.5) is 0 Å². The average Bonchev–Trinajstić information content (AvgIpc) is 2.18. The third-order valence-corrected chi connectivity index (χ3v) is 3.21. The molecule has 0 radical (unpaired) electrons. The van der Waals surface area contributed by atoms with Gasteiger partial charge >= 0.3 is 0 Å². The lowest BCUT2D eigenvalue weighted by Crippen LogP contribution is -2.35. The van der Waals surface area contributed by atoms with Gasteiger partial charge in [0.25, 0.3) is 0 Å². The lowest BCUT2D eigenvalue weighted by atomic mass is 9.87. The van der Waals surface area contributed by atoms with E-state index in [2.05, 4.69) is 12.2 Å². The minimum Gasteiger partial charge on any atom is -0.391 e. The Morgan fingerprint density at radius 1 is 1.47 bits per heavy atom. The van der Waals surface area contributed by atoms with Gasteiger partial charge in [-0.05, 0) is 31.7 Å². The molecule has 3 atom stereocenters. The van der Waals surface area contributed by atoms with E-state index in [-0.39, 0.29) is 6.10 Å². The van der Waals surface area contributed by atoms with Gasteiger partial charge in [-0.25, -0.2) is 0 Å². The topological polar surface area (TPSA) is 41.5 Å². The second-order valence-electron chi connectivity index (χ2n) is 4.82. The molecule has 0 aromatic rings. The third kappa shape index (κ3) is 5.50. The number of rotatable bonds is 6. The monoisotopic (exact) mass is 215 g/mol. The summed E-state index contributed by atoms with van der Waals surface area (Å²) in [5.41, 5.74) is 0. The summed E-state index contributed by atoms with van der Waals surface area (Å²) >= 11 is 0. The molecule has 2 N–H and O–H groups in total. The number of methoxy groups -OCH3 is 1. The Hall–Kier alpha value is -0.120. The van der Waals surface area contributed by atoms with Gasteiger partial charge in [-0.1, -0.05) is 19.8 Å². The van der Waals surface area contributed by atoms with E-state index < -0.39 is 0 Å². The SMILES string of the molecule is COCC(O)CCNC1CCCC(C)C1. The molecule has 1 aliphatic rings.